The molecule has 0 radical (unpaired) electrons. The van der Waals surface area contributed by atoms with E-state index in [1.807, 2.05) is 6.92 Å². The summed E-state index contributed by atoms with van der Waals surface area (Å²) in [5.74, 6) is 0.264. The number of carbonyl (C=O) groups excluding carboxylic acids is 2. The summed E-state index contributed by atoms with van der Waals surface area (Å²) in [4.78, 5) is 27.7. The van der Waals surface area contributed by atoms with Gasteiger partial charge in [-0.2, -0.15) is 0 Å². The predicted molar refractivity (Wildman–Crippen MR) is 99.1 cm³/mol. The molecule has 3 rings (SSSR count). The van der Waals surface area contributed by atoms with Crippen molar-refractivity contribution < 1.29 is 33.0 Å². The summed E-state index contributed by atoms with van der Waals surface area (Å²) in [5.41, 5.74) is 0.789. The van der Waals surface area contributed by atoms with Crippen LogP contribution >= 0.6 is 0 Å². The first-order chi connectivity index (χ1) is 13.6. The van der Waals surface area contributed by atoms with Crippen molar-refractivity contribution in [2.24, 2.45) is 4.99 Å². The SMILES string of the molecule is CCOC(=O)COc1ccc(/C=C2/N=C(c3ccco3)OC2=O)cc1OCC. The van der Waals surface area contributed by atoms with Crippen molar-refractivity contribution in [3.63, 3.8) is 0 Å². The van der Waals surface area contributed by atoms with Gasteiger partial charge in [0.2, 0.25) is 0 Å². The first-order valence-corrected chi connectivity index (χ1v) is 8.72. The number of cyclic esters (lactones) is 1. The Bertz CT molecular complexity index is 913. The highest BCUT2D eigenvalue weighted by atomic mass is 16.6. The van der Waals surface area contributed by atoms with Gasteiger partial charge in [0.1, 0.15) is 0 Å². The molecule has 0 unspecified atom stereocenters. The maximum Gasteiger partial charge on any atom is 0.363 e. The number of hydrogen-bond acceptors (Lipinski definition) is 8. The number of ether oxygens (including phenoxy) is 4. The Morgan fingerprint density at radius 2 is 2.00 bits per heavy atom. The second-order valence-corrected chi connectivity index (χ2v) is 5.55. The summed E-state index contributed by atoms with van der Waals surface area (Å²) in [6.45, 7) is 4.01. The van der Waals surface area contributed by atoms with Gasteiger partial charge in [0.25, 0.3) is 5.90 Å². The van der Waals surface area contributed by atoms with Crippen LogP contribution in [-0.4, -0.2) is 37.7 Å². The van der Waals surface area contributed by atoms with Crippen molar-refractivity contribution in [3.8, 4) is 11.5 Å². The topological polar surface area (TPSA) is 96.6 Å². The van der Waals surface area contributed by atoms with Gasteiger partial charge < -0.3 is 23.4 Å². The predicted octanol–water partition coefficient (Wildman–Crippen LogP) is 2.96. The number of furan rings is 1. The zero-order valence-electron chi connectivity index (χ0n) is 15.5. The van der Waals surface area contributed by atoms with Gasteiger partial charge in [-0.05, 0) is 49.8 Å². The van der Waals surface area contributed by atoms with Gasteiger partial charge in [-0.25, -0.2) is 14.6 Å². The first-order valence-electron chi connectivity index (χ1n) is 8.72. The quantitative estimate of drug-likeness (QED) is 0.509. The van der Waals surface area contributed by atoms with Crippen LogP contribution in [0.1, 0.15) is 25.2 Å². The lowest BCUT2D eigenvalue weighted by Crippen LogP contribution is -2.15. The molecule has 28 heavy (non-hydrogen) atoms. The standard InChI is InChI=1S/C20H19NO7/c1-3-24-17-11-13(7-8-15(17)27-12-18(22)25-4-2)10-14-20(23)28-19(21-14)16-6-5-9-26-16/h5-11H,3-4,12H2,1-2H3/b14-10+. The minimum Gasteiger partial charge on any atom is -0.490 e. The highest BCUT2D eigenvalue weighted by Gasteiger charge is 2.25. The third-order valence-corrected chi connectivity index (χ3v) is 3.57. The normalized spacial score (nSPS) is 14.6. The molecule has 0 aliphatic carbocycles. The number of nitrogens with zero attached hydrogens (tertiary/aromatic N) is 1. The Labute approximate surface area is 161 Å². The van der Waals surface area contributed by atoms with Crippen molar-refractivity contribution in [1.29, 1.82) is 0 Å². The molecule has 2 heterocycles. The number of esters is 2. The van der Waals surface area contributed by atoms with Crippen LogP contribution in [0.5, 0.6) is 11.5 Å². The number of benzene rings is 1. The fourth-order valence-electron chi connectivity index (χ4n) is 2.41. The molecule has 1 aliphatic heterocycles. The van der Waals surface area contributed by atoms with Crippen LogP contribution in [0.15, 0.2) is 51.7 Å². The monoisotopic (exact) mass is 385 g/mol. The van der Waals surface area contributed by atoms with Gasteiger partial charge in [-0.3, -0.25) is 0 Å². The third kappa shape index (κ3) is 4.59. The molecule has 1 aromatic heterocycles. The molecule has 0 atom stereocenters. The molecule has 0 fully saturated rings. The molecule has 146 valence electrons. The van der Waals surface area contributed by atoms with Crippen molar-refractivity contribution in [1.82, 2.24) is 0 Å². The molecule has 1 aliphatic rings. The molecule has 0 N–H and O–H groups in total. The average Bonchev–Trinajstić information content (AvgIpc) is 3.32. The largest absolute Gasteiger partial charge is 0.490 e. The fourth-order valence-corrected chi connectivity index (χ4v) is 2.41. The number of aliphatic imine (C=N–C) groups is 1. The minimum atomic E-state index is -0.577. The summed E-state index contributed by atoms with van der Waals surface area (Å²) in [6.07, 6.45) is 3.03. The van der Waals surface area contributed by atoms with Crippen LogP contribution in [0.3, 0.4) is 0 Å². The van der Waals surface area contributed by atoms with Gasteiger partial charge in [0.15, 0.2) is 29.6 Å². The highest BCUT2D eigenvalue weighted by molar-refractivity contribution is 6.11. The molecule has 1 aromatic carbocycles. The zero-order chi connectivity index (χ0) is 19.9. The van der Waals surface area contributed by atoms with E-state index >= 15 is 0 Å². The molecule has 0 amide bonds. The molecule has 8 heteroatoms. The van der Waals surface area contributed by atoms with E-state index in [1.54, 1.807) is 43.3 Å². The Balaban J connectivity index is 1.80. The smallest absolute Gasteiger partial charge is 0.363 e. The minimum absolute atomic E-state index is 0.112. The van der Waals surface area contributed by atoms with Crippen LogP contribution in [-0.2, 0) is 19.1 Å². The van der Waals surface area contributed by atoms with E-state index in [0.29, 0.717) is 29.4 Å². The maximum atomic E-state index is 12.0. The second kappa shape index (κ2) is 8.90. The third-order valence-electron chi connectivity index (χ3n) is 3.57. The average molecular weight is 385 g/mol. The van der Waals surface area contributed by atoms with Crippen LogP contribution < -0.4 is 9.47 Å². The van der Waals surface area contributed by atoms with E-state index < -0.39 is 11.9 Å². The molecular weight excluding hydrogens is 366 g/mol. The number of carbonyl (C=O) groups is 2. The van der Waals surface area contributed by atoms with Crippen molar-refractivity contribution in [3.05, 3.63) is 53.6 Å². The molecule has 0 saturated carbocycles. The summed E-state index contributed by atoms with van der Waals surface area (Å²) in [7, 11) is 0. The van der Waals surface area contributed by atoms with E-state index in [-0.39, 0.29) is 24.8 Å². The van der Waals surface area contributed by atoms with Crippen molar-refractivity contribution in [2.75, 3.05) is 19.8 Å². The van der Waals surface area contributed by atoms with E-state index in [1.165, 1.54) is 6.26 Å². The van der Waals surface area contributed by atoms with E-state index in [4.69, 9.17) is 23.4 Å². The Morgan fingerprint density at radius 3 is 2.71 bits per heavy atom. The molecule has 0 spiro atoms. The van der Waals surface area contributed by atoms with Gasteiger partial charge in [-0.1, -0.05) is 6.07 Å². The van der Waals surface area contributed by atoms with E-state index in [9.17, 15) is 9.59 Å². The molecule has 0 bridgehead atoms. The van der Waals surface area contributed by atoms with Crippen molar-refractivity contribution in [2.45, 2.75) is 13.8 Å². The maximum absolute atomic E-state index is 12.0. The summed E-state index contributed by atoms with van der Waals surface area (Å²) in [6, 6.07) is 8.37. The van der Waals surface area contributed by atoms with Crippen LogP contribution in [0.25, 0.3) is 6.08 Å². The second-order valence-electron chi connectivity index (χ2n) is 5.55. The number of hydrogen-bond donors (Lipinski definition) is 0. The summed E-state index contributed by atoms with van der Waals surface area (Å²) >= 11 is 0. The van der Waals surface area contributed by atoms with E-state index in [2.05, 4.69) is 4.99 Å². The molecule has 2 aromatic rings. The van der Waals surface area contributed by atoms with Gasteiger partial charge in [-0.15, -0.1) is 0 Å². The molecular formula is C20H19NO7. The summed E-state index contributed by atoms with van der Waals surface area (Å²) < 4.78 is 26.2. The van der Waals surface area contributed by atoms with Gasteiger partial charge in [0.05, 0.1) is 19.5 Å². The zero-order valence-corrected chi connectivity index (χ0v) is 15.5. The Morgan fingerprint density at radius 1 is 1.14 bits per heavy atom. The molecule has 0 saturated heterocycles. The lowest BCUT2D eigenvalue weighted by molar-refractivity contribution is -0.145. The fraction of sp³-hybridized carbons (Fsp3) is 0.250. The van der Waals surface area contributed by atoms with Crippen LogP contribution in [0.4, 0.5) is 0 Å². The summed E-state index contributed by atoms with van der Waals surface area (Å²) in [5, 5.41) is 0. The Kier molecular flexibility index (Phi) is 6.11. The van der Waals surface area contributed by atoms with E-state index in [0.717, 1.165) is 0 Å². The van der Waals surface area contributed by atoms with Crippen LogP contribution in [0.2, 0.25) is 0 Å². The lowest BCUT2D eigenvalue weighted by atomic mass is 10.1. The Hall–Kier alpha value is -3.55. The first kappa shape index (κ1) is 19.2. The van der Waals surface area contributed by atoms with Gasteiger partial charge in [0, 0.05) is 0 Å². The van der Waals surface area contributed by atoms with Crippen molar-refractivity contribution >= 4 is 23.9 Å². The molecule has 8 nitrogen and oxygen atoms in total. The lowest BCUT2D eigenvalue weighted by Gasteiger charge is -2.12. The highest BCUT2D eigenvalue weighted by Crippen LogP contribution is 2.30. The van der Waals surface area contributed by atoms with Crippen LogP contribution in [0, 0.1) is 0 Å². The van der Waals surface area contributed by atoms with Gasteiger partial charge >= 0.3 is 11.9 Å². The number of rotatable bonds is 8.